The third-order valence-electron chi connectivity index (χ3n) is 5.54. The van der Waals surface area contributed by atoms with E-state index < -0.39 is 18.0 Å². The number of rotatable bonds is 4. The minimum atomic E-state index is -0.779. The number of nitrogens with one attached hydrogen (secondary N) is 2. The van der Waals surface area contributed by atoms with Crippen LogP contribution in [0, 0.1) is 5.41 Å². The van der Waals surface area contributed by atoms with Gasteiger partial charge in [-0.15, -0.1) is 0 Å². The van der Waals surface area contributed by atoms with E-state index in [1.54, 1.807) is 4.90 Å². The Morgan fingerprint density at radius 1 is 1.23 bits per heavy atom. The number of piperidine rings is 1. The molecule has 0 aromatic heterocycles. The number of carbonyl (C=O) groups is 4. The average molecular weight is 362 g/mol. The van der Waals surface area contributed by atoms with Gasteiger partial charge in [-0.2, -0.15) is 0 Å². The van der Waals surface area contributed by atoms with Gasteiger partial charge in [-0.05, 0) is 26.7 Å². The second-order valence-corrected chi connectivity index (χ2v) is 7.83. The Hall–Kier alpha value is -2.38. The van der Waals surface area contributed by atoms with Crippen LogP contribution in [0.4, 0.5) is 4.79 Å². The number of carbonyl (C=O) groups excluding carboxylic acids is 4. The SMILES string of the molecule is CC(C)=CCN1CC2(CCN(C(=O)CC3NC(=O)NC3=O)CC2)CC1=O. The molecule has 3 aliphatic rings. The summed E-state index contributed by atoms with van der Waals surface area (Å²) < 4.78 is 0. The minimum Gasteiger partial charge on any atom is -0.343 e. The lowest BCUT2D eigenvalue weighted by Crippen LogP contribution is -2.46. The lowest BCUT2D eigenvalue weighted by molar-refractivity contribution is -0.135. The summed E-state index contributed by atoms with van der Waals surface area (Å²) in [5, 5.41) is 4.59. The Labute approximate surface area is 153 Å². The van der Waals surface area contributed by atoms with E-state index in [-0.39, 0.29) is 23.7 Å². The fourth-order valence-electron chi connectivity index (χ4n) is 3.91. The Kier molecular flexibility index (Phi) is 5.02. The molecule has 3 rings (SSSR count). The molecule has 0 aliphatic carbocycles. The molecule has 0 radical (unpaired) electrons. The molecule has 2 N–H and O–H groups in total. The molecule has 8 heteroatoms. The van der Waals surface area contributed by atoms with Crippen molar-refractivity contribution in [2.24, 2.45) is 5.41 Å². The van der Waals surface area contributed by atoms with Crippen LogP contribution >= 0.6 is 0 Å². The van der Waals surface area contributed by atoms with Crippen LogP contribution in [0.3, 0.4) is 0 Å². The smallest absolute Gasteiger partial charge is 0.322 e. The first kappa shape index (κ1) is 18.4. The maximum absolute atomic E-state index is 12.4. The molecule has 0 saturated carbocycles. The summed E-state index contributed by atoms with van der Waals surface area (Å²) >= 11 is 0. The molecular formula is C18H26N4O4. The second kappa shape index (κ2) is 7.09. The topological polar surface area (TPSA) is 98.8 Å². The van der Waals surface area contributed by atoms with Crippen LogP contribution in [0.1, 0.15) is 39.5 Å². The molecule has 1 atom stereocenters. The van der Waals surface area contributed by atoms with Crippen LogP contribution in [-0.4, -0.2) is 65.8 Å². The van der Waals surface area contributed by atoms with Crippen molar-refractivity contribution in [1.29, 1.82) is 0 Å². The highest BCUT2D eigenvalue weighted by Crippen LogP contribution is 2.41. The van der Waals surface area contributed by atoms with Crippen molar-refractivity contribution in [3.8, 4) is 0 Å². The van der Waals surface area contributed by atoms with E-state index in [0.29, 0.717) is 26.1 Å². The quantitative estimate of drug-likeness (QED) is 0.558. The van der Waals surface area contributed by atoms with E-state index in [4.69, 9.17) is 0 Å². The largest absolute Gasteiger partial charge is 0.343 e. The molecule has 0 aromatic carbocycles. The number of imide groups is 1. The predicted octanol–water partition coefficient (Wildman–Crippen LogP) is 0.392. The molecule has 1 spiro atoms. The van der Waals surface area contributed by atoms with Crippen molar-refractivity contribution in [2.75, 3.05) is 26.2 Å². The van der Waals surface area contributed by atoms with Crippen molar-refractivity contribution < 1.29 is 19.2 Å². The van der Waals surface area contributed by atoms with Gasteiger partial charge in [0.1, 0.15) is 6.04 Å². The van der Waals surface area contributed by atoms with E-state index in [1.165, 1.54) is 5.57 Å². The van der Waals surface area contributed by atoms with Gasteiger partial charge in [-0.1, -0.05) is 11.6 Å². The Balaban J connectivity index is 1.52. The van der Waals surface area contributed by atoms with Gasteiger partial charge in [0.2, 0.25) is 11.8 Å². The molecule has 8 nitrogen and oxygen atoms in total. The normalized spacial score (nSPS) is 24.7. The second-order valence-electron chi connectivity index (χ2n) is 7.83. The standard InChI is InChI=1S/C18H26N4O4/c1-12(2)3-6-22-11-18(10-15(22)24)4-7-21(8-5-18)14(23)9-13-16(25)20-17(26)19-13/h3,13H,4-11H2,1-2H3,(H2,19,20,25,26). The van der Waals surface area contributed by atoms with Gasteiger partial charge in [0, 0.05) is 38.0 Å². The molecule has 3 heterocycles. The molecule has 26 heavy (non-hydrogen) atoms. The van der Waals surface area contributed by atoms with Gasteiger partial charge >= 0.3 is 6.03 Å². The summed E-state index contributed by atoms with van der Waals surface area (Å²) in [5.41, 5.74) is 1.16. The maximum Gasteiger partial charge on any atom is 0.322 e. The Morgan fingerprint density at radius 3 is 2.50 bits per heavy atom. The summed E-state index contributed by atoms with van der Waals surface area (Å²) in [7, 11) is 0. The molecule has 0 aromatic rings. The van der Waals surface area contributed by atoms with E-state index >= 15 is 0 Å². The number of amides is 5. The number of nitrogens with zero attached hydrogens (tertiary/aromatic N) is 2. The molecule has 3 saturated heterocycles. The van der Waals surface area contributed by atoms with Gasteiger partial charge in [-0.25, -0.2) is 4.79 Å². The lowest BCUT2D eigenvalue weighted by Gasteiger charge is -2.39. The van der Waals surface area contributed by atoms with Gasteiger partial charge in [0.15, 0.2) is 0 Å². The highest BCUT2D eigenvalue weighted by Gasteiger charge is 2.45. The van der Waals surface area contributed by atoms with Crippen molar-refractivity contribution in [3.63, 3.8) is 0 Å². The zero-order valence-electron chi connectivity index (χ0n) is 15.3. The van der Waals surface area contributed by atoms with Crippen LogP contribution in [0.5, 0.6) is 0 Å². The van der Waals surface area contributed by atoms with Gasteiger partial charge in [0.05, 0.1) is 6.42 Å². The Morgan fingerprint density at radius 2 is 1.92 bits per heavy atom. The molecule has 3 fully saturated rings. The van der Waals surface area contributed by atoms with E-state index in [9.17, 15) is 19.2 Å². The minimum absolute atomic E-state index is 0.0177. The van der Waals surface area contributed by atoms with Crippen molar-refractivity contribution in [2.45, 2.75) is 45.6 Å². The summed E-state index contributed by atoms with van der Waals surface area (Å²) in [6, 6.07) is -1.33. The third kappa shape index (κ3) is 3.89. The van der Waals surface area contributed by atoms with Gasteiger partial charge < -0.3 is 15.1 Å². The first-order valence-corrected chi connectivity index (χ1v) is 9.08. The number of likely N-dealkylation sites (tertiary alicyclic amines) is 2. The number of allylic oxidation sites excluding steroid dienone is 1. The number of urea groups is 1. The van der Waals surface area contributed by atoms with Crippen LogP contribution in [0.2, 0.25) is 0 Å². The van der Waals surface area contributed by atoms with Crippen LogP contribution in [-0.2, 0) is 14.4 Å². The molecule has 3 aliphatic heterocycles. The molecule has 5 amide bonds. The third-order valence-corrected chi connectivity index (χ3v) is 5.54. The average Bonchev–Trinajstić information content (AvgIpc) is 3.05. The summed E-state index contributed by atoms with van der Waals surface area (Å²) in [5.74, 6) is -0.395. The fraction of sp³-hybridized carbons (Fsp3) is 0.667. The summed E-state index contributed by atoms with van der Waals surface area (Å²) in [6.07, 6.45) is 4.18. The van der Waals surface area contributed by atoms with E-state index in [1.807, 2.05) is 18.7 Å². The van der Waals surface area contributed by atoms with Crippen LogP contribution in [0.15, 0.2) is 11.6 Å². The maximum atomic E-state index is 12.4. The lowest BCUT2D eigenvalue weighted by atomic mass is 9.77. The molecular weight excluding hydrogens is 336 g/mol. The number of hydrogen-bond donors (Lipinski definition) is 2. The highest BCUT2D eigenvalue weighted by atomic mass is 16.2. The molecule has 0 bridgehead atoms. The van der Waals surface area contributed by atoms with Crippen molar-refractivity contribution in [1.82, 2.24) is 20.4 Å². The van der Waals surface area contributed by atoms with E-state index in [2.05, 4.69) is 16.7 Å². The van der Waals surface area contributed by atoms with Gasteiger partial charge in [0.25, 0.3) is 5.91 Å². The monoisotopic (exact) mass is 362 g/mol. The first-order chi connectivity index (χ1) is 12.3. The molecule has 1 unspecified atom stereocenters. The summed E-state index contributed by atoms with van der Waals surface area (Å²) in [4.78, 5) is 51.1. The van der Waals surface area contributed by atoms with E-state index in [0.717, 1.165) is 19.4 Å². The first-order valence-electron chi connectivity index (χ1n) is 9.08. The summed E-state index contributed by atoms with van der Waals surface area (Å²) in [6.45, 7) is 6.62. The van der Waals surface area contributed by atoms with Crippen LogP contribution < -0.4 is 10.6 Å². The van der Waals surface area contributed by atoms with Crippen LogP contribution in [0.25, 0.3) is 0 Å². The molecule has 142 valence electrons. The zero-order chi connectivity index (χ0) is 18.9. The Bertz CT molecular complexity index is 660. The fourth-order valence-corrected chi connectivity index (χ4v) is 3.91. The highest BCUT2D eigenvalue weighted by molar-refractivity contribution is 6.05. The predicted molar refractivity (Wildman–Crippen MR) is 94.0 cm³/mol. The van der Waals surface area contributed by atoms with Crippen molar-refractivity contribution in [3.05, 3.63) is 11.6 Å². The zero-order valence-corrected chi connectivity index (χ0v) is 15.3. The van der Waals surface area contributed by atoms with Crippen molar-refractivity contribution >= 4 is 23.8 Å². The van der Waals surface area contributed by atoms with Gasteiger partial charge in [-0.3, -0.25) is 19.7 Å². The number of hydrogen-bond acceptors (Lipinski definition) is 4.